The smallest absolute Gasteiger partial charge is 0.123 e. The van der Waals surface area contributed by atoms with Crippen molar-refractivity contribution >= 4 is 11.0 Å². The van der Waals surface area contributed by atoms with E-state index in [1.165, 1.54) is 29.3 Å². The molecule has 0 spiro atoms. The molecule has 1 aromatic heterocycles. The van der Waals surface area contributed by atoms with Crippen LogP contribution >= 0.6 is 0 Å². The van der Waals surface area contributed by atoms with E-state index >= 15 is 0 Å². The largest absolute Gasteiger partial charge is 0.326 e. The Kier molecular flexibility index (Phi) is 3.19. The molecule has 0 aliphatic rings. The molecular formula is C17H14FN3. The summed E-state index contributed by atoms with van der Waals surface area (Å²) in [6, 6.07) is 10.4. The number of fused-ring (bicyclic) bond motifs is 1. The van der Waals surface area contributed by atoms with Crippen LogP contribution in [0.5, 0.6) is 0 Å². The van der Waals surface area contributed by atoms with Crippen molar-refractivity contribution in [3.63, 3.8) is 0 Å². The van der Waals surface area contributed by atoms with Gasteiger partial charge in [0.1, 0.15) is 5.82 Å². The Morgan fingerprint density at radius 1 is 1.19 bits per heavy atom. The van der Waals surface area contributed by atoms with Crippen molar-refractivity contribution in [2.24, 2.45) is 0 Å². The van der Waals surface area contributed by atoms with Gasteiger partial charge in [0, 0.05) is 0 Å². The SMILES string of the molecule is Cc1cc2ncn(Cc3cc(F)ccc3C#N)c2cc1C. The van der Waals surface area contributed by atoms with Crippen molar-refractivity contribution in [1.82, 2.24) is 9.55 Å². The summed E-state index contributed by atoms with van der Waals surface area (Å²) in [6.07, 6.45) is 1.73. The van der Waals surface area contributed by atoms with E-state index in [1.807, 2.05) is 17.6 Å². The van der Waals surface area contributed by atoms with Gasteiger partial charge < -0.3 is 4.57 Å². The predicted molar refractivity (Wildman–Crippen MR) is 79.4 cm³/mol. The lowest BCUT2D eigenvalue weighted by Gasteiger charge is -2.08. The Balaban J connectivity index is 2.09. The molecule has 4 heteroatoms. The molecule has 1 heterocycles. The van der Waals surface area contributed by atoms with Gasteiger partial charge in [-0.2, -0.15) is 5.26 Å². The van der Waals surface area contributed by atoms with Gasteiger partial charge in [0.15, 0.2) is 0 Å². The zero-order chi connectivity index (χ0) is 15.0. The number of rotatable bonds is 2. The first-order chi connectivity index (χ1) is 10.1. The molecule has 0 aliphatic carbocycles. The first kappa shape index (κ1) is 13.3. The molecule has 3 aromatic rings. The number of nitrogens with zero attached hydrogens (tertiary/aromatic N) is 3. The summed E-state index contributed by atoms with van der Waals surface area (Å²) in [6.45, 7) is 4.53. The minimum Gasteiger partial charge on any atom is -0.326 e. The van der Waals surface area contributed by atoms with Crippen molar-refractivity contribution < 1.29 is 4.39 Å². The molecule has 0 saturated carbocycles. The molecule has 0 unspecified atom stereocenters. The fourth-order valence-corrected chi connectivity index (χ4v) is 2.42. The minimum atomic E-state index is -0.333. The van der Waals surface area contributed by atoms with Crippen molar-refractivity contribution in [3.8, 4) is 6.07 Å². The molecule has 104 valence electrons. The van der Waals surface area contributed by atoms with E-state index in [-0.39, 0.29) is 5.82 Å². The summed E-state index contributed by atoms with van der Waals surface area (Å²) < 4.78 is 15.4. The quantitative estimate of drug-likeness (QED) is 0.717. The summed E-state index contributed by atoms with van der Waals surface area (Å²) in [5.41, 5.74) is 5.43. The summed E-state index contributed by atoms with van der Waals surface area (Å²) in [4.78, 5) is 4.38. The molecule has 0 aliphatic heterocycles. The average molecular weight is 279 g/mol. The lowest BCUT2D eigenvalue weighted by molar-refractivity contribution is 0.623. The third-order valence-electron chi connectivity index (χ3n) is 3.76. The van der Waals surface area contributed by atoms with Gasteiger partial charge in [-0.1, -0.05) is 0 Å². The van der Waals surface area contributed by atoms with Gasteiger partial charge in [-0.05, 0) is 60.9 Å². The predicted octanol–water partition coefficient (Wildman–Crippen LogP) is 3.71. The van der Waals surface area contributed by atoms with Crippen molar-refractivity contribution in [2.45, 2.75) is 20.4 Å². The topological polar surface area (TPSA) is 41.6 Å². The summed E-state index contributed by atoms with van der Waals surface area (Å²) in [5.74, 6) is -0.333. The maximum absolute atomic E-state index is 13.4. The van der Waals surface area contributed by atoms with Crippen LogP contribution in [0.15, 0.2) is 36.7 Å². The second-order valence-electron chi connectivity index (χ2n) is 5.21. The van der Waals surface area contributed by atoms with Gasteiger partial charge >= 0.3 is 0 Å². The molecule has 0 bridgehead atoms. The van der Waals surface area contributed by atoms with E-state index in [1.54, 1.807) is 6.33 Å². The molecule has 21 heavy (non-hydrogen) atoms. The molecule has 0 radical (unpaired) electrons. The van der Waals surface area contributed by atoms with E-state index in [2.05, 4.69) is 24.0 Å². The van der Waals surface area contributed by atoms with Gasteiger partial charge in [-0.3, -0.25) is 0 Å². The van der Waals surface area contributed by atoms with E-state index < -0.39 is 0 Å². The van der Waals surface area contributed by atoms with Crippen LogP contribution in [-0.4, -0.2) is 9.55 Å². The fourth-order valence-electron chi connectivity index (χ4n) is 2.42. The molecule has 0 fully saturated rings. The Labute approximate surface area is 122 Å². The number of hydrogen-bond donors (Lipinski definition) is 0. The molecule has 0 N–H and O–H groups in total. The van der Waals surface area contributed by atoms with Crippen LogP contribution in [0.1, 0.15) is 22.3 Å². The lowest BCUT2D eigenvalue weighted by Crippen LogP contribution is -2.01. The zero-order valence-corrected chi connectivity index (χ0v) is 11.9. The second-order valence-corrected chi connectivity index (χ2v) is 5.21. The molecule has 0 saturated heterocycles. The highest BCUT2D eigenvalue weighted by Crippen LogP contribution is 2.20. The van der Waals surface area contributed by atoms with Gasteiger partial charge in [-0.25, -0.2) is 9.37 Å². The van der Waals surface area contributed by atoms with Crippen molar-refractivity contribution in [1.29, 1.82) is 5.26 Å². The molecule has 3 nitrogen and oxygen atoms in total. The number of halogens is 1. The normalized spacial score (nSPS) is 10.8. The van der Waals surface area contributed by atoms with Crippen molar-refractivity contribution in [2.75, 3.05) is 0 Å². The van der Waals surface area contributed by atoms with Gasteiger partial charge in [0.25, 0.3) is 0 Å². The number of imidazole rings is 1. The van der Waals surface area contributed by atoms with Crippen LogP contribution in [0.4, 0.5) is 4.39 Å². The third kappa shape index (κ3) is 2.38. The van der Waals surface area contributed by atoms with Crippen LogP contribution in [-0.2, 0) is 6.54 Å². The minimum absolute atomic E-state index is 0.333. The maximum atomic E-state index is 13.4. The van der Waals surface area contributed by atoms with Crippen molar-refractivity contribution in [3.05, 3.63) is 64.7 Å². The first-order valence-electron chi connectivity index (χ1n) is 6.69. The lowest BCUT2D eigenvalue weighted by atomic mass is 10.1. The highest BCUT2D eigenvalue weighted by Gasteiger charge is 2.09. The third-order valence-corrected chi connectivity index (χ3v) is 3.76. The standard InChI is InChI=1S/C17H14FN3/c1-11-5-16-17(6-12(11)2)21(10-20-16)9-14-7-15(18)4-3-13(14)8-19/h3-7,10H,9H2,1-2H3. The summed E-state index contributed by atoms with van der Waals surface area (Å²) in [5, 5.41) is 9.13. The second kappa shape index (κ2) is 5.02. The van der Waals surface area contributed by atoms with Crippen LogP contribution in [0.2, 0.25) is 0 Å². The highest BCUT2D eigenvalue weighted by atomic mass is 19.1. The van der Waals surface area contributed by atoms with Gasteiger partial charge in [0.2, 0.25) is 0 Å². The van der Waals surface area contributed by atoms with Crippen LogP contribution < -0.4 is 0 Å². The van der Waals surface area contributed by atoms with E-state index in [4.69, 9.17) is 5.26 Å². The fraction of sp³-hybridized carbons (Fsp3) is 0.176. The van der Waals surface area contributed by atoms with E-state index in [0.717, 1.165) is 11.0 Å². The van der Waals surface area contributed by atoms with E-state index in [9.17, 15) is 4.39 Å². The number of hydrogen-bond acceptors (Lipinski definition) is 2. The summed E-state index contributed by atoms with van der Waals surface area (Å²) in [7, 11) is 0. The van der Waals surface area contributed by atoms with Crippen LogP contribution in [0.25, 0.3) is 11.0 Å². The Morgan fingerprint density at radius 3 is 2.71 bits per heavy atom. The molecule has 0 atom stereocenters. The molecule has 2 aromatic carbocycles. The average Bonchev–Trinajstić information content (AvgIpc) is 2.82. The number of aryl methyl sites for hydroxylation is 2. The highest BCUT2D eigenvalue weighted by molar-refractivity contribution is 5.77. The zero-order valence-electron chi connectivity index (χ0n) is 11.9. The van der Waals surface area contributed by atoms with Gasteiger partial charge in [-0.15, -0.1) is 0 Å². The number of nitriles is 1. The van der Waals surface area contributed by atoms with Crippen LogP contribution in [0.3, 0.4) is 0 Å². The molecule has 0 amide bonds. The monoisotopic (exact) mass is 279 g/mol. The Hall–Kier alpha value is -2.67. The summed E-state index contributed by atoms with van der Waals surface area (Å²) >= 11 is 0. The van der Waals surface area contributed by atoms with E-state index in [0.29, 0.717) is 17.7 Å². The Bertz CT molecular complexity index is 872. The van der Waals surface area contributed by atoms with Crippen LogP contribution in [0, 0.1) is 31.0 Å². The number of aromatic nitrogens is 2. The van der Waals surface area contributed by atoms with Gasteiger partial charge in [0.05, 0.1) is 35.5 Å². The maximum Gasteiger partial charge on any atom is 0.123 e. The molecule has 3 rings (SSSR count). The Morgan fingerprint density at radius 2 is 1.95 bits per heavy atom. The number of benzene rings is 2. The first-order valence-corrected chi connectivity index (χ1v) is 6.69. The molecular weight excluding hydrogens is 265 g/mol.